The lowest BCUT2D eigenvalue weighted by Gasteiger charge is -2.20. The molecule has 0 aromatic heterocycles. The highest BCUT2D eigenvalue weighted by molar-refractivity contribution is 5.97. The number of ether oxygens (including phenoxy) is 4. The molecule has 2 aromatic carbocycles. The van der Waals surface area contributed by atoms with E-state index in [4.69, 9.17) is 14.2 Å². The van der Waals surface area contributed by atoms with Crippen LogP contribution in [0, 0.1) is 0 Å². The Morgan fingerprint density at radius 3 is 2.43 bits per heavy atom. The third kappa shape index (κ3) is 5.03. The number of rotatable bonds is 9. The quantitative estimate of drug-likeness (QED) is 0.643. The van der Waals surface area contributed by atoms with Gasteiger partial charge in [-0.25, -0.2) is 0 Å². The minimum atomic E-state index is -2.95. The normalized spacial score (nSPS) is 10.5. The average molecular weight is 395 g/mol. The van der Waals surface area contributed by atoms with Gasteiger partial charge in [0.1, 0.15) is 0 Å². The van der Waals surface area contributed by atoms with Gasteiger partial charge in [0.25, 0.3) is 5.91 Å². The summed E-state index contributed by atoms with van der Waals surface area (Å²) in [5.74, 6) is 0.664. The minimum absolute atomic E-state index is 0.0518. The van der Waals surface area contributed by atoms with Crippen molar-refractivity contribution >= 4 is 5.91 Å². The van der Waals surface area contributed by atoms with Gasteiger partial charge in [-0.1, -0.05) is 12.1 Å². The summed E-state index contributed by atoms with van der Waals surface area (Å²) in [6.45, 7) is -0.689. The lowest BCUT2D eigenvalue weighted by molar-refractivity contribution is -0.0514. The van der Waals surface area contributed by atoms with E-state index in [0.717, 1.165) is 0 Å². The number of methoxy groups -OCH3 is 2. The molecule has 0 aliphatic heterocycles. The summed E-state index contributed by atoms with van der Waals surface area (Å²) < 4.78 is 45.4. The molecule has 2 rings (SSSR count). The van der Waals surface area contributed by atoms with Crippen LogP contribution in [0.5, 0.6) is 23.0 Å². The Kier molecular flexibility index (Phi) is 7.43. The lowest BCUT2D eigenvalue weighted by Crippen LogP contribution is -2.26. The van der Waals surface area contributed by atoms with Gasteiger partial charge < -0.3 is 23.8 Å². The molecule has 0 radical (unpaired) electrons. The molecular weight excluding hydrogens is 372 g/mol. The fourth-order valence-electron chi connectivity index (χ4n) is 2.72. The number of nitrogens with zero attached hydrogens (tertiary/aromatic N) is 1. The van der Waals surface area contributed by atoms with Gasteiger partial charge in [-0.2, -0.15) is 8.78 Å². The molecule has 0 fully saturated rings. The highest BCUT2D eigenvalue weighted by atomic mass is 19.3. The molecular formula is C20H23F2NO5. The Hall–Kier alpha value is -3.03. The molecule has 0 saturated heterocycles. The van der Waals surface area contributed by atoms with Gasteiger partial charge in [-0.3, -0.25) is 4.79 Å². The third-order valence-electron chi connectivity index (χ3n) is 3.92. The van der Waals surface area contributed by atoms with E-state index in [2.05, 4.69) is 4.74 Å². The van der Waals surface area contributed by atoms with Crippen molar-refractivity contribution in [3.05, 3.63) is 47.5 Å². The van der Waals surface area contributed by atoms with Crippen molar-refractivity contribution in [2.24, 2.45) is 0 Å². The number of hydrogen-bond donors (Lipinski definition) is 0. The van der Waals surface area contributed by atoms with Crippen LogP contribution < -0.4 is 18.9 Å². The molecule has 6 nitrogen and oxygen atoms in total. The first-order valence-electron chi connectivity index (χ1n) is 8.58. The second-order valence-corrected chi connectivity index (χ2v) is 5.79. The van der Waals surface area contributed by atoms with Crippen molar-refractivity contribution in [3.8, 4) is 23.0 Å². The summed E-state index contributed by atoms with van der Waals surface area (Å²) in [7, 11) is 4.59. The van der Waals surface area contributed by atoms with E-state index in [1.165, 1.54) is 25.2 Å². The van der Waals surface area contributed by atoms with Crippen LogP contribution in [-0.2, 0) is 6.54 Å². The van der Waals surface area contributed by atoms with Crippen LogP contribution in [0.3, 0.4) is 0 Å². The first-order valence-corrected chi connectivity index (χ1v) is 8.58. The monoisotopic (exact) mass is 395 g/mol. The number of halogens is 2. The van der Waals surface area contributed by atoms with E-state index in [-0.39, 0.29) is 24.0 Å². The molecule has 0 aliphatic carbocycles. The molecule has 8 heteroatoms. The Morgan fingerprint density at radius 2 is 1.82 bits per heavy atom. The Morgan fingerprint density at radius 1 is 1.07 bits per heavy atom. The summed E-state index contributed by atoms with van der Waals surface area (Å²) in [5.41, 5.74) is 1.05. The van der Waals surface area contributed by atoms with E-state index in [0.29, 0.717) is 29.2 Å². The third-order valence-corrected chi connectivity index (χ3v) is 3.92. The largest absolute Gasteiger partial charge is 0.493 e. The average Bonchev–Trinajstić information content (AvgIpc) is 2.68. The first-order chi connectivity index (χ1) is 13.4. The molecule has 0 saturated carbocycles. The van der Waals surface area contributed by atoms with Crippen LogP contribution in [0.4, 0.5) is 8.78 Å². The van der Waals surface area contributed by atoms with Crippen LogP contribution >= 0.6 is 0 Å². The second-order valence-electron chi connectivity index (χ2n) is 5.79. The zero-order valence-electron chi connectivity index (χ0n) is 16.2. The minimum Gasteiger partial charge on any atom is -0.493 e. The molecule has 152 valence electrons. The molecule has 0 heterocycles. The van der Waals surface area contributed by atoms with E-state index >= 15 is 0 Å². The molecule has 0 N–H and O–H groups in total. The zero-order valence-corrected chi connectivity index (χ0v) is 16.2. The van der Waals surface area contributed by atoms with E-state index in [9.17, 15) is 13.6 Å². The van der Waals surface area contributed by atoms with Gasteiger partial charge in [0, 0.05) is 13.6 Å². The van der Waals surface area contributed by atoms with Crippen molar-refractivity contribution < 1.29 is 32.5 Å². The highest BCUT2D eigenvalue weighted by Crippen LogP contribution is 2.33. The maximum atomic E-state index is 12.9. The van der Waals surface area contributed by atoms with E-state index in [1.807, 2.05) is 0 Å². The molecule has 28 heavy (non-hydrogen) atoms. The summed E-state index contributed by atoms with van der Waals surface area (Å²) in [5, 5.41) is 0. The van der Waals surface area contributed by atoms with Gasteiger partial charge in [0.15, 0.2) is 23.0 Å². The molecule has 0 atom stereocenters. The molecule has 0 aliphatic rings. The smallest absolute Gasteiger partial charge is 0.387 e. The summed E-state index contributed by atoms with van der Waals surface area (Å²) in [4.78, 5) is 14.3. The van der Waals surface area contributed by atoms with E-state index < -0.39 is 6.61 Å². The van der Waals surface area contributed by atoms with Gasteiger partial charge in [0.05, 0.1) is 26.4 Å². The van der Waals surface area contributed by atoms with Crippen LogP contribution in [-0.4, -0.2) is 45.3 Å². The lowest BCUT2D eigenvalue weighted by atomic mass is 10.1. The molecule has 0 spiro atoms. The number of para-hydroxylation sites is 1. The van der Waals surface area contributed by atoms with Gasteiger partial charge >= 0.3 is 6.61 Å². The Labute approximate surface area is 162 Å². The number of carbonyl (C=O) groups is 1. The van der Waals surface area contributed by atoms with Gasteiger partial charge in [0.2, 0.25) is 0 Å². The number of hydrogen-bond acceptors (Lipinski definition) is 5. The van der Waals surface area contributed by atoms with Crippen LogP contribution in [0.2, 0.25) is 0 Å². The van der Waals surface area contributed by atoms with Crippen LogP contribution in [0.25, 0.3) is 0 Å². The van der Waals surface area contributed by atoms with E-state index in [1.54, 1.807) is 44.3 Å². The van der Waals surface area contributed by atoms with Crippen molar-refractivity contribution in [1.82, 2.24) is 4.90 Å². The fraction of sp³-hybridized carbons (Fsp3) is 0.350. The summed E-state index contributed by atoms with van der Waals surface area (Å²) in [6, 6.07) is 9.63. The number of alkyl halides is 2. The van der Waals surface area contributed by atoms with Gasteiger partial charge in [-0.15, -0.1) is 0 Å². The molecule has 2 aromatic rings. The second kappa shape index (κ2) is 9.77. The van der Waals surface area contributed by atoms with Gasteiger partial charge in [-0.05, 0) is 36.8 Å². The topological polar surface area (TPSA) is 57.2 Å². The predicted octanol–water partition coefficient (Wildman–Crippen LogP) is 3.98. The Bertz CT molecular complexity index is 813. The standard InChI is InChI=1S/C20H23F2NO5/c1-5-27-17-11-13(9-10-15(17)28-20(21)22)12-23(2)19(24)14-7-6-8-16(25-3)18(14)26-4/h6-11,20H,5,12H2,1-4H3. The Balaban J connectivity index is 2.23. The molecule has 1 amide bonds. The van der Waals surface area contributed by atoms with Crippen molar-refractivity contribution in [3.63, 3.8) is 0 Å². The number of carbonyl (C=O) groups excluding carboxylic acids is 1. The number of benzene rings is 2. The van der Waals surface area contributed by atoms with Crippen molar-refractivity contribution in [2.45, 2.75) is 20.1 Å². The maximum absolute atomic E-state index is 12.9. The SMILES string of the molecule is CCOc1cc(CN(C)C(=O)c2cccc(OC)c2OC)ccc1OC(F)F. The number of amides is 1. The maximum Gasteiger partial charge on any atom is 0.387 e. The molecule has 0 bridgehead atoms. The summed E-state index contributed by atoms with van der Waals surface area (Å²) in [6.07, 6.45) is 0. The first kappa shape index (κ1) is 21.3. The predicted molar refractivity (Wildman–Crippen MR) is 99.6 cm³/mol. The zero-order chi connectivity index (χ0) is 20.7. The van der Waals surface area contributed by atoms with Crippen LogP contribution in [0.15, 0.2) is 36.4 Å². The van der Waals surface area contributed by atoms with Crippen molar-refractivity contribution in [1.29, 1.82) is 0 Å². The molecule has 0 unspecified atom stereocenters. The fourth-order valence-corrected chi connectivity index (χ4v) is 2.72. The highest BCUT2D eigenvalue weighted by Gasteiger charge is 2.20. The summed E-state index contributed by atoms with van der Waals surface area (Å²) >= 11 is 0. The van der Waals surface area contributed by atoms with Crippen LogP contribution in [0.1, 0.15) is 22.8 Å². The van der Waals surface area contributed by atoms with Crippen molar-refractivity contribution in [2.75, 3.05) is 27.9 Å².